The molecular weight excluding hydrogens is 126 g/mol. The molecule has 1 aliphatic rings. The smallest absolute Gasteiger partial charge is 0.165 e. The maximum atomic E-state index is 12.7. The highest BCUT2D eigenvalue weighted by Crippen LogP contribution is 2.42. The van der Waals surface area contributed by atoms with E-state index in [1.54, 1.807) is 6.92 Å². The third-order valence-corrected chi connectivity index (χ3v) is 1.92. The normalized spacial score (nSPS) is 50.7. The lowest BCUT2D eigenvalue weighted by molar-refractivity contribution is -0.112. The summed E-state index contributed by atoms with van der Waals surface area (Å²) < 4.78 is 25.1. The molecule has 0 aromatic heterocycles. The van der Waals surface area contributed by atoms with Gasteiger partial charge in [0.2, 0.25) is 0 Å². The first-order valence-corrected chi connectivity index (χ1v) is 3.04. The van der Waals surface area contributed by atoms with E-state index in [2.05, 4.69) is 0 Å². The van der Waals surface area contributed by atoms with Crippen LogP contribution in [-0.4, -0.2) is 23.6 Å². The summed E-state index contributed by atoms with van der Waals surface area (Å²) in [4.78, 5) is 0. The zero-order valence-electron chi connectivity index (χ0n) is 5.27. The van der Waals surface area contributed by atoms with Gasteiger partial charge in [0.1, 0.15) is 6.17 Å². The van der Waals surface area contributed by atoms with Crippen LogP contribution < -0.4 is 0 Å². The van der Waals surface area contributed by atoms with Crippen LogP contribution in [0.15, 0.2) is 0 Å². The van der Waals surface area contributed by atoms with Gasteiger partial charge >= 0.3 is 0 Å². The Bertz CT molecular complexity index is 118. The molecule has 0 aromatic rings. The van der Waals surface area contributed by atoms with E-state index >= 15 is 0 Å². The molecule has 0 saturated heterocycles. The Labute approximate surface area is 52.7 Å². The standard InChI is InChI=1S/C6H10F2O/c1-4-2-6(8,3-9)5(4)7/h4-5,9H,2-3H2,1H3. The molecule has 0 amide bonds. The average molecular weight is 136 g/mol. The predicted molar refractivity (Wildman–Crippen MR) is 29.6 cm³/mol. The Kier molecular flexibility index (Phi) is 1.47. The fraction of sp³-hybridized carbons (Fsp3) is 1.00. The highest BCUT2D eigenvalue weighted by atomic mass is 19.2. The molecule has 0 bridgehead atoms. The van der Waals surface area contributed by atoms with E-state index < -0.39 is 18.4 Å². The number of hydrogen-bond donors (Lipinski definition) is 1. The van der Waals surface area contributed by atoms with E-state index in [1.807, 2.05) is 0 Å². The van der Waals surface area contributed by atoms with Gasteiger partial charge in [-0.15, -0.1) is 0 Å². The zero-order chi connectivity index (χ0) is 7.07. The van der Waals surface area contributed by atoms with E-state index in [0.717, 1.165) is 0 Å². The highest BCUT2D eigenvalue weighted by molar-refractivity contribution is 5.01. The van der Waals surface area contributed by atoms with Crippen LogP contribution >= 0.6 is 0 Å². The van der Waals surface area contributed by atoms with Crippen LogP contribution in [0.4, 0.5) is 8.78 Å². The highest BCUT2D eigenvalue weighted by Gasteiger charge is 2.53. The van der Waals surface area contributed by atoms with Crippen molar-refractivity contribution in [1.29, 1.82) is 0 Å². The number of halogens is 2. The Balaban J connectivity index is 2.48. The molecule has 1 nitrogen and oxygen atoms in total. The van der Waals surface area contributed by atoms with Crippen LogP contribution in [0.5, 0.6) is 0 Å². The molecule has 0 radical (unpaired) electrons. The van der Waals surface area contributed by atoms with Gasteiger partial charge in [0.25, 0.3) is 0 Å². The summed E-state index contributed by atoms with van der Waals surface area (Å²) in [5.41, 5.74) is -1.92. The van der Waals surface area contributed by atoms with Crippen LogP contribution in [0.3, 0.4) is 0 Å². The maximum absolute atomic E-state index is 12.7. The third kappa shape index (κ3) is 0.834. The van der Waals surface area contributed by atoms with Gasteiger partial charge < -0.3 is 5.11 Å². The monoisotopic (exact) mass is 136 g/mol. The van der Waals surface area contributed by atoms with Crippen molar-refractivity contribution in [3.05, 3.63) is 0 Å². The van der Waals surface area contributed by atoms with Crippen molar-refractivity contribution in [2.45, 2.75) is 25.2 Å². The second kappa shape index (κ2) is 1.90. The van der Waals surface area contributed by atoms with Crippen molar-refractivity contribution < 1.29 is 13.9 Å². The Morgan fingerprint density at radius 1 is 1.78 bits per heavy atom. The first kappa shape index (κ1) is 6.93. The van der Waals surface area contributed by atoms with E-state index in [-0.39, 0.29) is 12.3 Å². The van der Waals surface area contributed by atoms with Crippen LogP contribution in [0.2, 0.25) is 0 Å². The number of aliphatic hydroxyl groups is 1. The largest absolute Gasteiger partial charge is 0.393 e. The fourth-order valence-electron chi connectivity index (χ4n) is 1.25. The molecule has 1 fully saturated rings. The summed E-state index contributed by atoms with van der Waals surface area (Å²) in [6, 6.07) is 0. The van der Waals surface area contributed by atoms with Gasteiger partial charge in [-0.1, -0.05) is 6.92 Å². The minimum atomic E-state index is -1.92. The van der Waals surface area contributed by atoms with Crippen molar-refractivity contribution in [2.75, 3.05) is 6.61 Å². The zero-order valence-corrected chi connectivity index (χ0v) is 5.27. The molecule has 0 aliphatic heterocycles. The molecule has 0 aromatic carbocycles. The summed E-state index contributed by atoms with van der Waals surface area (Å²) >= 11 is 0. The van der Waals surface area contributed by atoms with Gasteiger partial charge in [-0.3, -0.25) is 0 Å². The molecule has 3 atom stereocenters. The van der Waals surface area contributed by atoms with Gasteiger partial charge in [0.15, 0.2) is 5.67 Å². The number of rotatable bonds is 1. The first-order chi connectivity index (χ1) is 4.10. The summed E-state index contributed by atoms with van der Waals surface area (Å²) in [5.74, 6) is -0.220. The molecule has 54 valence electrons. The number of aliphatic hydroxyl groups excluding tert-OH is 1. The second-order valence-electron chi connectivity index (χ2n) is 2.78. The van der Waals surface area contributed by atoms with Crippen LogP contribution in [0.25, 0.3) is 0 Å². The van der Waals surface area contributed by atoms with Crippen molar-refractivity contribution in [2.24, 2.45) is 5.92 Å². The Morgan fingerprint density at radius 2 is 2.33 bits per heavy atom. The SMILES string of the molecule is CC1CC(F)(CO)C1F. The van der Waals surface area contributed by atoms with Crippen molar-refractivity contribution >= 4 is 0 Å². The molecular formula is C6H10F2O. The maximum Gasteiger partial charge on any atom is 0.165 e. The summed E-state index contributed by atoms with van der Waals surface area (Å²) in [6.07, 6.45) is -1.30. The van der Waals surface area contributed by atoms with E-state index in [0.29, 0.717) is 0 Å². The number of alkyl halides is 2. The Morgan fingerprint density at radius 3 is 2.44 bits per heavy atom. The molecule has 1 saturated carbocycles. The molecule has 0 heterocycles. The molecule has 1 N–H and O–H groups in total. The van der Waals surface area contributed by atoms with Crippen LogP contribution in [-0.2, 0) is 0 Å². The first-order valence-electron chi connectivity index (χ1n) is 3.04. The van der Waals surface area contributed by atoms with Crippen molar-refractivity contribution in [3.8, 4) is 0 Å². The third-order valence-electron chi connectivity index (χ3n) is 1.92. The van der Waals surface area contributed by atoms with Crippen LogP contribution in [0, 0.1) is 5.92 Å². The van der Waals surface area contributed by atoms with Gasteiger partial charge in [-0.05, 0) is 12.3 Å². The second-order valence-corrected chi connectivity index (χ2v) is 2.78. The lowest BCUT2D eigenvalue weighted by Crippen LogP contribution is -2.54. The average Bonchev–Trinajstić information content (AvgIpc) is 1.87. The molecule has 3 heteroatoms. The molecule has 1 rings (SSSR count). The molecule has 9 heavy (non-hydrogen) atoms. The topological polar surface area (TPSA) is 20.2 Å². The van der Waals surface area contributed by atoms with Gasteiger partial charge in [-0.2, -0.15) is 0 Å². The van der Waals surface area contributed by atoms with Gasteiger partial charge in [0, 0.05) is 0 Å². The minimum Gasteiger partial charge on any atom is -0.393 e. The summed E-state index contributed by atoms with van der Waals surface area (Å²) in [7, 11) is 0. The number of hydrogen-bond acceptors (Lipinski definition) is 1. The molecule has 1 aliphatic carbocycles. The van der Waals surface area contributed by atoms with Crippen molar-refractivity contribution in [3.63, 3.8) is 0 Å². The lowest BCUT2D eigenvalue weighted by Gasteiger charge is -2.41. The molecule has 0 spiro atoms. The van der Waals surface area contributed by atoms with E-state index in [9.17, 15) is 8.78 Å². The Hall–Kier alpha value is -0.180. The lowest BCUT2D eigenvalue weighted by atomic mass is 9.72. The fourth-order valence-corrected chi connectivity index (χ4v) is 1.25. The van der Waals surface area contributed by atoms with Crippen molar-refractivity contribution in [1.82, 2.24) is 0 Å². The van der Waals surface area contributed by atoms with Gasteiger partial charge in [0.05, 0.1) is 6.61 Å². The molecule has 3 unspecified atom stereocenters. The van der Waals surface area contributed by atoms with E-state index in [1.165, 1.54) is 0 Å². The quantitative estimate of drug-likeness (QED) is 0.571. The van der Waals surface area contributed by atoms with E-state index in [4.69, 9.17) is 5.11 Å². The van der Waals surface area contributed by atoms with Gasteiger partial charge in [-0.25, -0.2) is 8.78 Å². The predicted octanol–water partition coefficient (Wildman–Crippen LogP) is 1.06. The van der Waals surface area contributed by atoms with Crippen LogP contribution in [0.1, 0.15) is 13.3 Å². The minimum absolute atomic E-state index is 0.157. The summed E-state index contributed by atoms with van der Waals surface area (Å²) in [6.45, 7) is 0.955. The summed E-state index contributed by atoms with van der Waals surface area (Å²) in [5, 5.41) is 8.32.